The maximum Gasteiger partial charge on any atom is 0.0399 e. The smallest absolute Gasteiger partial charge is 0.0399 e. The Bertz CT molecular complexity index is 437. The van der Waals surface area contributed by atoms with Crippen LogP contribution in [0, 0.1) is 11.8 Å². The van der Waals surface area contributed by atoms with Gasteiger partial charge in [-0.3, -0.25) is 0 Å². The number of nitrogens with two attached hydrogens (primary N) is 1. The van der Waals surface area contributed by atoms with Gasteiger partial charge in [-0.25, -0.2) is 0 Å². The van der Waals surface area contributed by atoms with Crippen molar-refractivity contribution < 1.29 is 0 Å². The third-order valence-electron chi connectivity index (χ3n) is 5.12. The minimum Gasteiger partial charge on any atom is -0.369 e. The van der Waals surface area contributed by atoms with E-state index in [0.717, 1.165) is 24.9 Å². The quantitative estimate of drug-likeness (QED) is 0.911. The van der Waals surface area contributed by atoms with Crippen LogP contribution in [0.3, 0.4) is 0 Å². The van der Waals surface area contributed by atoms with Crippen molar-refractivity contribution in [3.8, 4) is 0 Å². The highest BCUT2D eigenvalue weighted by Crippen LogP contribution is 2.31. The summed E-state index contributed by atoms with van der Waals surface area (Å²) < 4.78 is 0. The molecule has 1 fully saturated rings. The van der Waals surface area contributed by atoms with Gasteiger partial charge in [0.25, 0.3) is 0 Å². The van der Waals surface area contributed by atoms with Gasteiger partial charge in [0.05, 0.1) is 0 Å². The minimum atomic E-state index is 0.341. The van der Waals surface area contributed by atoms with E-state index in [1.54, 1.807) is 0 Å². The molecule has 2 heteroatoms. The third-order valence-corrected chi connectivity index (χ3v) is 5.12. The first-order chi connectivity index (χ1) is 9.74. The van der Waals surface area contributed by atoms with Crippen molar-refractivity contribution in [3.63, 3.8) is 0 Å². The number of hydrogen-bond acceptors (Lipinski definition) is 2. The standard InChI is InChI=1S/C18H28N2/c1-14-11-16-9-5-6-10-18(16)20(12-14)13-17(19)15-7-3-2-4-8-15/h5-6,9-10,14-15,17H,2-4,7-8,11-13,19H2,1H3. The van der Waals surface area contributed by atoms with Crippen molar-refractivity contribution in [1.29, 1.82) is 0 Å². The van der Waals surface area contributed by atoms with Crippen molar-refractivity contribution in [2.75, 3.05) is 18.0 Å². The minimum absolute atomic E-state index is 0.341. The molecule has 0 bridgehead atoms. The van der Waals surface area contributed by atoms with Crippen LogP contribution in [0.5, 0.6) is 0 Å². The summed E-state index contributed by atoms with van der Waals surface area (Å²) in [5.41, 5.74) is 9.47. The van der Waals surface area contributed by atoms with Gasteiger partial charge in [0.15, 0.2) is 0 Å². The zero-order valence-corrected chi connectivity index (χ0v) is 12.7. The molecule has 2 nitrogen and oxygen atoms in total. The van der Waals surface area contributed by atoms with Gasteiger partial charge in [-0.15, -0.1) is 0 Å². The summed E-state index contributed by atoms with van der Waals surface area (Å²) in [6.07, 6.45) is 8.06. The number of rotatable bonds is 3. The largest absolute Gasteiger partial charge is 0.369 e. The Morgan fingerprint density at radius 3 is 2.75 bits per heavy atom. The van der Waals surface area contributed by atoms with Crippen LogP contribution in [0.4, 0.5) is 5.69 Å². The zero-order valence-electron chi connectivity index (χ0n) is 12.7. The van der Waals surface area contributed by atoms with E-state index in [1.807, 2.05) is 0 Å². The van der Waals surface area contributed by atoms with Crippen LogP contribution < -0.4 is 10.6 Å². The monoisotopic (exact) mass is 272 g/mol. The maximum absolute atomic E-state index is 6.54. The molecule has 1 aromatic carbocycles. The molecule has 0 radical (unpaired) electrons. The van der Waals surface area contributed by atoms with Crippen LogP contribution in [0.15, 0.2) is 24.3 Å². The van der Waals surface area contributed by atoms with Crippen molar-refractivity contribution >= 4 is 5.69 Å². The van der Waals surface area contributed by atoms with E-state index in [4.69, 9.17) is 5.73 Å². The SMILES string of the molecule is CC1Cc2ccccc2N(CC(N)C2CCCCC2)C1. The predicted octanol–water partition coefficient (Wildman–Crippen LogP) is 3.59. The number of anilines is 1. The van der Waals surface area contributed by atoms with Crippen LogP contribution in [-0.2, 0) is 6.42 Å². The summed E-state index contributed by atoms with van der Waals surface area (Å²) in [7, 11) is 0. The second-order valence-corrected chi connectivity index (χ2v) is 6.90. The molecule has 20 heavy (non-hydrogen) atoms. The van der Waals surface area contributed by atoms with E-state index in [-0.39, 0.29) is 0 Å². The molecule has 1 aliphatic heterocycles. The Kier molecular flexibility index (Phi) is 4.30. The lowest BCUT2D eigenvalue weighted by molar-refractivity contribution is 0.302. The van der Waals surface area contributed by atoms with Crippen LogP contribution >= 0.6 is 0 Å². The average Bonchev–Trinajstić information content (AvgIpc) is 2.48. The van der Waals surface area contributed by atoms with Gasteiger partial charge in [-0.1, -0.05) is 44.4 Å². The number of hydrogen-bond donors (Lipinski definition) is 1. The first-order valence-corrected chi connectivity index (χ1v) is 8.32. The van der Waals surface area contributed by atoms with Gasteiger partial charge in [-0.2, -0.15) is 0 Å². The molecule has 110 valence electrons. The fourth-order valence-corrected chi connectivity index (χ4v) is 4.05. The van der Waals surface area contributed by atoms with Gasteiger partial charge in [0, 0.05) is 24.8 Å². The summed E-state index contributed by atoms with van der Waals surface area (Å²) in [5.74, 6) is 1.48. The van der Waals surface area contributed by atoms with Gasteiger partial charge in [-0.05, 0) is 42.7 Å². The maximum atomic E-state index is 6.54. The number of benzene rings is 1. The Labute approximate surface area is 123 Å². The Morgan fingerprint density at radius 1 is 1.20 bits per heavy atom. The molecule has 0 aromatic heterocycles. The molecule has 2 aliphatic rings. The Morgan fingerprint density at radius 2 is 1.95 bits per heavy atom. The third kappa shape index (κ3) is 3.01. The molecule has 0 saturated heterocycles. The summed E-state index contributed by atoms with van der Waals surface area (Å²) in [5, 5.41) is 0. The van der Waals surface area contributed by atoms with E-state index < -0.39 is 0 Å². The van der Waals surface area contributed by atoms with E-state index in [0.29, 0.717) is 6.04 Å². The molecule has 1 aliphatic carbocycles. The molecule has 2 unspecified atom stereocenters. The van der Waals surface area contributed by atoms with Crippen LogP contribution in [0.2, 0.25) is 0 Å². The normalized spacial score (nSPS) is 25.3. The van der Waals surface area contributed by atoms with Gasteiger partial charge in [0.1, 0.15) is 0 Å². The number of nitrogens with zero attached hydrogens (tertiary/aromatic N) is 1. The van der Waals surface area contributed by atoms with Crippen molar-refractivity contribution in [3.05, 3.63) is 29.8 Å². The highest BCUT2D eigenvalue weighted by Gasteiger charge is 2.26. The number of para-hydroxylation sites is 1. The Balaban J connectivity index is 1.70. The highest BCUT2D eigenvalue weighted by molar-refractivity contribution is 5.55. The predicted molar refractivity (Wildman–Crippen MR) is 86.1 cm³/mol. The fraction of sp³-hybridized carbons (Fsp3) is 0.667. The van der Waals surface area contributed by atoms with E-state index in [1.165, 1.54) is 49.8 Å². The molecule has 2 atom stereocenters. The molecule has 1 saturated carbocycles. The van der Waals surface area contributed by atoms with Crippen molar-refractivity contribution in [2.24, 2.45) is 17.6 Å². The van der Waals surface area contributed by atoms with Gasteiger partial charge >= 0.3 is 0 Å². The molecule has 1 aromatic rings. The van der Waals surface area contributed by atoms with E-state index in [2.05, 4.69) is 36.1 Å². The van der Waals surface area contributed by atoms with Crippen LogP contribution in [0.25, 0.3) is 0 Å². The van der Waals surface area contributed by atoms with Gasteiger partial charge < -0.3 is 10.6 Å². The second-order valence-electron chi connectivity index (χ2n) is 6.90. The van der Waals surface area contributed by atoms with Crippen LogP contribution in [-0.4, -0.2) is 19.1 Å². The van der Waals surface area contributed by atoms with Crippen LogP contribution in [0.1, 0.15) is 44.6 Å². The summed E-state index contributed by atoms with van der Waals surface area (Å²) in [4.78, 5) is 2.54. The average molecular weight is 272 g/mol. The highest BCUT2D eigenvalue weighted by atomic mass is 15.2. The summed E-state index contributed by atoms with van der Waals surface area (Å²) in [6, 6.07) is 9.22. The van der Waals surface area contributed by atoms with Crippen molar-refractivity contribution in [2.45, 2.75) is 51.5 Å². The second kappa shape index (κ2) is 6.17. The lowest BCUT2D eigenvalue weighted by Gasteiger charge is -2.38. The van der Waals surface area contributed by atoms with E-state index >= 15 is 0 Å². The Hall–Kier alpha value is -1.02. The topological polar surface area (TPSA) is 29.3 Å². The lowest BCUT2D eigenvalue weighted by atomic mass is 9.83. The molecular weight excluding hydrogens is 244 g/mol. The molecular formula is C18H28N2. The molecule has 3 rings (SSSR count). The first-order valence-electron chi connectivity index (χ1n) is 8.32. The van der Waals surface area contributed by atoms with Gasteiger partial charge in [0.2, 0.25) is 0 Å². The molecule has 0 spiro atoms. The van der Waals surface area contributed by atoms with Crippen molar-refractivity contribution in [1.82, 2.24) is 0 Å². The fourth-order valence-electron chi connectivity index (χ4n) is 4.05. The summed E-state index contributed by atoms with van der Waals surface area (Å²) in [6.45, 7) is 4.55. The molecule has 1 heterocycles. The lowest BCUT2D eigenvalue weighted by Crippen LogP contribution is -2.46. The molecule has 0 amide bonds. The number of fused-ring (bicyclic) bond motifs is 1. The molecule has 2 N–H and O–H groups in total. The van der Waals surface area contributed by atoms with E-state index in [9.17, 15) is 0 Å². The summed E-state index contributed by atoms with van der Waals surface area (Å²) >= 11 is 0. The first kappa shape index (κ1) is 13.9. The zero-order chi connectivity index (χ0) is 13.9.